The van der Waals surface area contributed by atoms with E-state index in [4.69, 9.17) is 5.73 Å². The van der Waals surface area contributed by atoms with Gasteiger partial charge in [0.2, 0.25) is 0 Å². The van der Waals surface area contributed by atoms with Gasteiger partial charge in [0.1, 0.15) is 0 Å². The van der Waals surface area contributed by atoms with E-state index in [0.717, 1.165) is 24.2 Å². The summed E-state index contributed by atoms with van der Waals surface area (Å²) >= 11 is 0. The maximum atomic E-state index is 11.8. The highest BCUT2D eigenvalue weighted by Crippen LogP contribution is 2.17. The van der Waals surface area contributed by atoms with Gasteiger partial charge < -0.3 is 16.0 Å². The molecule has 17 heavy (non-hydrogen) atoms. The van der Waals surface area contributed by atoms with Gasteiger partial charge >= 0.3 is 0 Å². The molecule has 0 aliphatic rings. The minimum absolute atomic E-state index is 0.0203. The third-order valence-corrected chi connectivity index (χ3v) is 2.59. The first kappa shape index (κ1) is 13.5. The zero-order valence-electron chi connectivity index (χ0n) is 10.8. The number of amides is 1. The number of nitrogens with zero attached hydrogens (tertiary/aromatic N) is 1. The van der Waals surface area contributed by atoms with Crippen LogP contribution in [0.3, 0.4) is 0 Å². The number of carbonyl (C=O) groups is 1. The highest BCUT2D eigenvalue weighted by molar-refractivity contribution is 5.95. The van der Waals surface area contributed by atoms with Crippen molar-refractivity contribution < 1.29 is 4.79 Å². The Morgan fingerprint density at radius 3 is 2.71 bits per heavy atom. The molecule has 0 radical (unpaired) electrons. The Bertz CT molecular complexity index is 388. The Balaban J connectivity index is 2.83. The van der Waals surface area contributed by atoms with Crippen LogP contribution in [0.4, 0.5) is 5.69 Å². The highest BCUT2D eigenvalue weighted by atomic mass is 16.2. The van der Waals surface area contributed by atoms with Crippen molar-refractivity contribution in [2.24, 2.45) is 5.73 Å². The van der Waals surface area contributed by atoms with Crippen molar-refractivity contribution in [3.63, 3.8) is 0 Å². The smallest absolute Gasteiger partial charge is 0.253 e. The van der Waals surface area contributed by atoms with Gasteiger partial charge in [0.25, 0.3) is 5.91 Å². The average Bonchev–Trinajstić information content (AvgIpc) is 2.30. The zero-order valence-corrected chi connectivity index (χ0v) is 10.8. The first-order chi connectivity index (χ1) is 8.06. The van der Waals surface area contributed by atoms with Gasteiger partial charge in [-0.25, -0.2) is 0 Å². The van der Waals surface area contributed by atoms with Gasteiger partial charge in [0.05, 0.1) is 0 Å². The SMILES string of the molecule is Cc1ccc(C(=O)N(C)C)cc1NCCCN. The molecule has 0 aromatic heterocycles. The quantitative estimate of drug-likeness (QED) is 0.760. The summed E-state index contributed by atoms with van der Waals surface area (Å²) in [5.41, 5.74) is 8.29. The minimum Gasteiger partial charge on any atom is -0.385 e. The second kappa shape index (κ2) is 6.25. The first-order valence-electron chi connectivity index (χ1n) is 5.82. The van der Waals surface area contributed by atoms with E-state index in [-0.39, 0.29) is 5.91 Å². The molecule has 1 aromatic rings. The van der Waals surface area contributed by atoms with E-state index in [1.165, 1.54) is 0 Å². The third-order valence-electron chi connectivity index (χ3n) is 2.59. The molecular weight excluding hydrogens is 214 g/mol. The largest absolute Gasteiger partial charge is 0.385 e. The van der Waals surface area contributed by atoms with Crippen LogP contribution in [0.1, 0.15) is 22.3 Å². The van der Waals surface area contributed by atoms with Crippen LogP contribution in [0.5, 0.6) is 0 Å². The van der Waals surface area contributed by atoms with E-state index in [9.17, 15) is 4.79 Å². The molecule has 0 bridgehead atoms. The Hall–Kier alpha value is -1.55. The molecule has 0 heterocycles. The van der Waals surface area contributed by atoms with Crippen molar-refractivity contribution in [3.05, 3.63) is 29.3 Å². The van der Waals surface area contributed by atoms with Crippen molar-refractivity contribution >= 4 is 11.6 Å². The molecule has 1 rings (SSSR count). The van der Waals surface area contributed by atoms with Gasteiger partial charge in [-0.2, -0.15) is 0 Å². The van der Waals surface area contributed by atoms with E-state index in [0.29, 0.717) is 12.1 Å². The molecule has 0 fully saturated rings. The summed E-state index contributed by atoms with van der Waals surface area (Å²) in [6.45, 7) is 3.52. The number of hydrogen-bond donors (Lipinski definition) is 2. The lowest BCUT2D eigenvalue weighted by Crippen LogP contribution is -2.21. The van der Waals surface area contributed by atoms with E-state index >= 15 is 0 Å². The summed E-state index contributed by atoms with van der Waals surface area (Å²) in [5.74, 6) is 0.0203. The second-order valence-corrected chi connectivity index (χ2v) is 4.30. The van der Waals surface area contributed by atoms with Gasteiger partial charge in [0.15, 0.2) is 0 Å². The molecule has 3 N–H and O–H groups in total. The Morgan fingerprint density at radius 1 is 1.41 bits per heavy atom. The number of aryl methyl sites for hydroxylation is 1. The lowest BCUT2D eigenvalue weighted by Gasteiger charge is -2.14. The zero-order chi connectivity index (χ0) is 12.8. The monoisotopic (exact) mass is 235 g/mol. The third kappa shape index (κ3) is 3.75. The van der Waals surface area contributed by atoms with Gasteiger partial charge in [-0.1, -0.05) is 6.07 Å². The van der Waals surface area contributed by atoms with Crippen LogP contribution in [-0.2, 0) is 0 Å². The Labute approximate surface area is 103 Å². The fraction of sp³-hybridized carbons (Fsp3) is 0.462. The maximum Gasteiger partial charge on any atom is 0.253 e. The fourth-order valence-corrected chi connectivity index (χ4v) is 1.53. The van der Waals surface area contributed by atoms with Crippen LogP contribution >= 0.6 is 0 Å². The molecule has 0 saturated carbocycles. The number of rotatable bonds is 5. The lowest BCUT2D eigenvalue weighted by molar-refractivity contribution is 0.0827. The molecule has 1 aromatic carbocycles. The number of carbonyl (C=O) groups excluding carboxylic acids is 1. The number of hydrogen-bond acceptors (Lipinski definition) is 3. The number of nitrogens with one attached hydrogen (secondary N) is 1. The van der Waals surface area contributed by atoms with Crippen LogP contribution in [0.2, 0.25) is 0 Å². The molecule has 0 saturated heterocycles. The van der Waals surface area contributed by atoms with Gasteiger partial charge in [-0.3, -0.25) is 4.79 Å². The molecule has 0 aliphatic carbocycles. The predicted molar refractivity (Wildman–Crippen MR) is 71.4 cm³/mol. The number of nitrogens with two attached hydrogens (primary N) is 1. The van der Waals surface area contributed by atoms with Crippen LogP contribution in [0, 0.1) is 6.92 Å². The van der Waals surface area contributed by atoms with Crippen LogP contribution in [0.15, 0.2) is 18.2 Å². The van der Waals surface area contributed by atoms with Crippen LogP contribution in [-0.4, -0.2) is 38.0 Å². The summed E-state index contributed by atoms with van der Waals surface area (Å²) in [4.78, 5) is 13.4. The van der Waals surface area contributed by atoms with Crippen LogP contribution in [0.25, 0.3) is 0 Å². The standard InChI is InChI=1S/C13H21N3O/c1-10-5-6-11(13(17)16(2)3)9-12(10)15-8-4-7-14/h5-6,9,15H,4,7-8,14H2,1-3H3. The topological polar surface area (TPSA) is 58.4 Å². The Kier molecular flexibility index (Phi) is 4.97. The van der Waals surface area contributed by atoms with Crippen molar-refractivity contribution in [1.82, 2.24) is 4.90 Å². The average molecular weight is 235 g/mol. The normalized spacial score (nSPS) is 10.1. The van der Waals surface area contributed by atoms with Gasteiger partial charge in [-0.05, 0) is 37.6 Å². The molecule has 0 atom stereocenters. The molecule has 1 amide bonds. The van der Waals surface area contributed by atoms with Gasteiger partial charge in [0, 0.05) is 31.9 Å². The number of benzene rings is 1. The molecule has 4 nitrogen and oxygen atoms in total. The lowest BCUT2D eigenvalue weighted by atomic mass is 10.1. The molecule has 0 aliphatic heterocycles. The van der Waals surface area contributed by atoms with Crippen molar-refractivity contribution in [2.45, 2.75) is 13.3 Å². The van der Waals surface area contributed by atoms with Gasteiger partial charge in [-0.15, -0.1) is 0 Å². The molecule has 4 heteroatoms. The maximum absolute atomic E-state index is 11.8. The molecule has 0 unspecified atom stereocenters. The molecule has 94 valence electrons. The summed E-state index contributed by atoms with van der Waals surface area (Å²) in [6.07, 6.45) is 0.922. The minimum atomic E-state index is 0.0203. The summed E-state index contributed by atoms with van der Waals surface area (Å²) in [7, 11) is 3.51. The van der Waals surface area contributed by atoms with E-state index in [2.05, 4.69) is 5.32 Å². The van der Waals surface area contributed by atoms with E-state index in [1.54, 1.807) is 19.0 Å². The fourth-order valence-electron chi connectivity index (χ4n) is 1.53. The summed E-state index contributed by atoms with van der Waals surface area (Å²) in [5, 5.41) is 3.30. The molecule has 0 spiro atoms. The van der Waals surface area contributed by atoms with Crippen LogP contribution < -0.4 is 11.1 Å². The number of anilines is 1. The summed E-state index contributed by atoms with van der Waals surface area (Å²) in [6, 6.07) is 5.71. The second-order valence-electron chi connectivity index (χ2n) is 4.30. The first-order valence-corrected chi connectivity index (χ1v) is 5.82. The summed E-state index contributed by atoms with van der Waals surface area (Å²) < 4.78 is 0. The van der Waals surface area contributed by atoms with Crippen molar-refractivity contribution in [1.29, 1.82) is 0 Å². The van der Waals surface area contributed by atoms with Crippen molar-refractivity contribution in [2.75, 3.05) is 32.5 Å². The van der Waals surface area contributed by atoms with Crippen molar-refractivity contribution in [3.8, 4) is 0 Å². The highest BCUT2D eigenvalue weighted by Gasteiger charge is 2.09. The predicted octanol–water partition coefficient (Wildman–Crippen LogP) is 1.46. The van der Waals surface area contributed by atoms with E-state index < -0.39 is 0 Å². The Morgan fingerprint density at radius 2 is 2.12 bits per heavy atom. The van der Waals surface area contributed by atoms with E-state index in [1.807, 2.05) is 25.1 Å². The molecular formula is C13H21N3O.